The van der Waals surface area contributed by atoms with Gasteiger partial charge in [0.1, 0.15) is 12.4 Å². The number of halogens is 1. The largest absolute Gasteiger partial charge is 0.324 e. The molecule has 0 aliphatic carbocycles. The fourth-order valence-electron chi connectivity index (χ4n) is 2.02. The van der Waals surface area contributed by atoms with Crippen LogP contribution in [0, 0.1) is 12.7 Å². The van der Waals surface area contributed by atoms with Gasteiger partial charge in [-0.05, 0) is 24.6 Å². The number of rotatable bonds is 5. The van der Waals surface area contributed by atoms with Gasteiger partial charge in [0, 0.05) is 25.8 Å². The number of hydrogen-bond donors (Lipinski definition) is 1. The van der Waals surface area contributed by atoms with Gasteiger partial charge in [-0.2, -0.15) is 5.10 Å². The molecule has 0 spiro atoms. The van der Waals surface area contributed by atoms with E-state index in [2.05, 4.69) is 10.4 Å². The first-order chi connectivity index (χ1) is 11.6. The van der Waals surface area contributed by atoms with E-state index in [9.17, 15) is 22.4 Å². The van der Waals surface area contributed by atoms with Crippen molar-refractivity contribution in [3.63, 3.8) is 0 Å². The number of aryl methyl sites for hydroxylation is 1. The van der Waals surface area contributed by atoms with E-state index < -0.39 is 33.9 Å². The highest BCUT2D eigenvalue weighted by Gasteiger charge is 2.20. The average molecular weight is 368 g/mol. The van der Waals surface area contributed by atoms with Crippen molar-refractivity contribution in [2.45, 2.75) is 18.4 Å². The number of hydrogen-bond acceptors (Lipinski definition) is 5. The maximum absolute atomic E-state index is 12.9. The van der Waals surface area contributed by atoms with Gasteiger partial charge < -0.3 is 5.32 Å². The third-order valence-electron chi connectivity index (χ3n) is 3.36. The lowest BCUT2D eigenvalue weighted by atomic mass is 10.2. The number of nitrogens with one attached hydrogen (secondary N) is 1. The van der Waals surface area contributed by atoms with Crippen molar-refractivity contribution in [2.75, 3.05) is 19.4 Å². The topological polar surface area (TPSA) is 101 Å². The van der Waals surface area contributed by atoms with Gasteiger partial charge in [0.05, 0.1) is 11.1 Å². The summed E-state index contributed by atoms with van der Waals surface area (Å²) in [5.74, 6) is -1.39. The third-order valence-corrected chi connectivity index (χ3v) is 5.32. The van der Waals surface area contributed by atoms with E-state index in [1.54, 1.807) is 19.1 Å². The van der Waals surface area contributed by atoms with Crippen LogP contribution in [-0.2, 0) is 21.4 Å². The maximum atomic E-state index is 12.9. The van der Waals surface area contributed by atoms with Crippen LogP contribution in [0.3, 0.4) is 0 Å². The van der Waals surface area contributed by atoms with Crippen molar-refractivity contribution >= 4 is 21.6 Å². The first-order valence-corrected chi connectivity index (χ1v) is 8.61. The standard InChI is InChI=1S/C15H17FN4O4S/c1-10-4-5-12(7-13(10)25(23,24)19(2)3)18-14(21)9-20-15(22)6-11(16)8-17-20/h4-8H,9H2,1-3H3,(H,18,21). The molecule has 0 aliphatic rings. The van der Waals surface area contributed by atoms with Crippen LogP contribution in [0.1, 0.15) is 5.56 Å². The molecule has 0 bridgehead atoms. The molecule has 1 heterocycles. The van der Waals surface area contributed by atoms with Crippen molar-refractivity contribution in [1.82, 2.24) is 14.1 Å². The van der Waals surface area contributed by atoms with E-state index in [0.717, 1.165) is 15.2 Å². The normalized spacial score (nSPS) is 11.6. The Labute approximate surface area is 143 Å². The lowest BCUT2D eigenvalue weighted by molar-refractivity contribution is -0.117. The Morgan fingerprint density at radius 1 is 1.32 bits per heavy atom. The Balaban J connectivity index is 2.23. The Hall–Kier alpha value is -2.59. The molecule has 1 aromatic carbocycles. The SMILES string of the molecule is Cc1ccc(NC(=O)Cn2ncc(F)cc2=O)cc1S(=O)(=O)N(C)C. The molecule has 0 atom stereocenters. The second-order valence-electron chi connectivity index (χ2n) is 5.49. The first-order valence-electron chi connectivity index (χ1n) is 7.17. The highest BCUT2D eigenvalue weighted by atomic mass is 32.2. The highest BCUT2D eigenvalue weighted by molar-refractivity contribution is 7.89. The number of sulfonamides is 1. The van der Waals surface area contributed by atoms with E-state index in [4.69, 9.17) is 0 Å². The molecule has 0 aliphatic heterocycles. The van der Waals surface area contributed by atoms with Crippen molar-refractivity contribution in [2.24, 2.45) is 0 Å². The van der Waals surface area contributed by atoms with Gasteiger partial charge in [-0.1, -0.05) is 6.07 Å². The van der Waals surface area contributed by atoms with E-state index >= 15 is 0 Å². The van der Waals surface area contributed by atoms with Crippen LogP contribution in [0.2, 0.25) is 0 Å². The zero-order chi connectivity index (χ0) is 18.8. The summed E-state index contributed by atoms with van der Waals surface area (Å²) in [4.78, 5) is 23.6. The molecule has 0 radical (unpaired) electrons. The molecule has 0 unspecified atom stereocenters. The fraction of sp³-hybridized carbons (Fsp3) is 0.267. The van der Waals surface area contributed by atoms with Gasteiger partial charge in [-0.15, -0.1) is 0 Å². The average Bonchev–Trinajstić information content (AvgIpc) is 2.51. The molecule has 25 heavy (non-hydrogen) atoms. The summed E-state index contributed by atoms with van der Waals surface area (Å²) in [6.07, 6.45) is 0.822. The lowest BCUT2D eigenvalue weighted by Gasteiger charge is -2.15. The van der Waals surface area contributed by atoms with Crippen molar-refractivity contribution < 1.29 is 17.6 Å². The van der Waals surface area contributed by atoms with E-state index in [1.165, 1.54) is 20.2 Å². The van der Waals surface area contributed by atoms with Gasteiger partial charge >= 0.3 is 0 Å². The number of aromatic nitrogens is 2. The number of anilines is 1. The monoisotopic (exact) mass is 368 g/mol. The van der Waals surface area contributed by atoms with Crippen LogP contribution in [0.4, 0.5) is 10.1 Å². The van der Waals surface area contributed by atoms with Crippen molar-refractivity contribution in [3.8, 4) is 0 Å². The number of carbonyl (C=O) groups is 1. The summed E-state index contributed by atoms with van der Waals surface area (Å²) in [5.41, 5.74) is 0.0317. The minimum Gasteiger partial charge on any atom is -0.324 e. The van der Waals surface area contributed by atoms with Gasteiger partial charge in [-0.25, -0.2) is 21.8 Å². The fourth-order valence-corrected chi connectivity index (χ4v) is 3.16. The van der Waals surface area contributed by atoms with E-state index in [0.29, 0.717) is 11.6 Å². The number of amides is 1. The Morgan fingerprint density at radius 2 is 2.00 bits per heavy atom. The number of nitrogens with zero attached hydrogens (tertiary/aromatic N) is 3. The van der Waals surface area contributed by atoms with Crippen molar-refractivity contribution in [1.29, 1.82) is 0 Å². The smallest absolute Gasteiger partial charge is 0.270 e. The summed E-state index contributed by atoms with van der Waals surface area (Å²) in [7, 11) is -0.845. The van der Waals surface area contributed by atoms with Crippen LogP contribution in [-0.4, -0.2) is 42.5 Å². The summed E-state index contributed by atoms with van der Waals surface area (Å²) >= 11 is 0. The summed E-state index contributed by atoms with van der Waals surface area (Å²) < 4.78 is 39.3. The zero-order valence-corrected chi connectivity index (χ0v) is 14.7. The lowest BCUT2D eigenvalue weighted by Crippen LogP contribution is -2.29. The van der Waals surface area contributed by atoms with Gasteiger partial charge in [0.2, 0.25) is 15.9 Å². The molecule has 0 saturated carbocycles. The van der Waals surface area contributed by atoms with Gasteiger partial charge in [0.25, 0.3) is 5.56 Å². The quantitative estimate of drug-likeness (QED) is 0.832. The summed E-state index contributed by atoms with van der Waals surface area (Å²) in [6, 6.07) is 5.16. The van der Waals surface area contributed by atoms with Crippen LogP contribution >= 0.6 is 0 Å². The molecular weight excluding hydrogens is 351 g/mol. The molecule has 0 fully saturated rings. The van der Waals surface area contributed by atoms with Gasteiger partial charge in [-0.3, -0.25) is 9.59 Å². The molecule has 2 aromatic rings. The Morgan fingerprint density at radius 3 is 2.60 bits per heavy atom. The second-order valence-corrected chi connectivity index (χ2v) is 7.61. The molecule has 1 aromatic heterocycles. The molecule has 0 saturated heterocycles. The Bertz CT molecular complexity index is 970. The van der Waals surface area contributed by atoms with Gasteiger partial charge in [0.15, 0.2) is 0 Å². The maximum Gasteiger partial charge on any atom is 0.270 e. The first kappa shape index (κ1) is 18.7. The molecule has 8 nitrogen and oxygen atoms in total. The summed E-state index contributed by atoms with van der Waals surface area (Å²) in [5, 5.41) is 6.01. The van der Waals surface area contributed by atoms with Crippen LogP contribution in [0.25, 0.3) is 0 Å². The molecule has 10 heteroatoms. The van der Waals surface area contributed by atoms with Crippen LogP contribution in [0.15, 0.2) is 40.2 Å². The summed E-state index contributed by atoms with van der Waals surface area (Å²) in [6.45, 7) is 1.22. The number of carbonyl (C=O) groups excluding carboxylic acids is 1. The molecular formula is C15H17FN4O4S. The molecule has 1 amide bonds. The van der Waals surface area contributed by atoms with Crippen LogP contribution in [0.5, 0.6) is 0 Å². The van der Waals surface area contributed by atoms with E-state index in [1.807, 2.05) is 0 Å². The third kappa shape index (κ3) is 4.28. The predicted octanol–water partition coefficient (Wildman–Crippen LogP) is 0.580. The predicted molar refractivity (Wildman–Crippen MR) is 89.1 cm³/mol. The Kier molecular flexibility index (Phi) is 5.33. The van der Waals surface area contributed by atoms with E-state index in [-0.39, 0.29) is 10.6 Å². The van der Waals surface area contributed by atoms with Crippen molar-refractivity contribution in [3.05, 3.63) is 52.2 Å². The molecule has 134 valence electrons. The number of benzene rings is 1. The highest BCUT2D eigenvalue weighted by Crippen LogP contribution is 2.22. The minimum absolute atomic E-state index is 0.0624. The minimum atomic E-state index is -3.66. The molecule has 2 rings (SSSR count). The second kappa shape index (κ2) is 7.11. The van der Waals surface area contributed by atoms with Crippen LogP contribution < -0.4 is 10.9 Å². The molecule has 1 N–H and O–H groups in total. The zero-order valence-electron chi connectivity index (χ0n) is 13.9.